The van der Waals surface area contributed by atoms with Gasteiger partial charge in [-0.25, -0.2) is 4.98 Å². The topological polar surface area (TPSA) is 67.2 Å². The van der Waals surface area contributed by atoms with E-state index in [0.717, 1.165) is 30.0 Å². The van der Waals surface area contributed by atoms with E-state index in [2.05, 4.69) is 33.8 Å². The Morgan fingerprint density at radius 3 is 2.56 bits per heavy atom. The molecule has 0 fully saturated rings. The average molecular weight is 338 g/mol. The molecular formula is C18H22N6O. The van der Waals surface area contributed by atoms with Crippen molar-refractivity contribution >= 4 is 22.3 Å². The first-order chi connectivity index (χ1) is 12.0. The second kappa shape index (κ2) is 6.88. The van der Waals surface area contributed by atoms with Gasteiger partial charge in [-0.15, -0.1) is 0 Å². The zero-order chi connectivity index (χ0) is 18.0. The van der Waals surface area contributed by atoms with Crippen LogP contribution in [0.4, 0.5) is 11.5 Å². The molecule has 0 bridgehead atoms. The normalized spacial score (nSPS) is 10.9. The third kappa shape index (κ3) is 3.17. The van der Waals surface area contributed by atoms with Gasteiger partial charge in [-0.3, -0.25) is 4.79 Å². The van der Waals surface area contributed by atoms with Crippen molar-refractivity contribution in [1.82, 2.24) is 19.7 Å². The number of rotatable bonds is 5. The summed E-state index contributed by atoms with van der Waals surface area (Å²) in [5, 5.41) is 5.66. The Morgan fingerprint density at radius 1 is 1.12 bits per heavy atom. The molecule has 25 heavy (non-hydrogen) atoms. The molecule has 3 aromatic rings. The molecule has 130 valence electrons. The van der Waals surface area contributed by atoms with Gasteiger partial charge in [0.15, 0.2) is 0 Å². The van der Waals surface area contributed by atoms with E-state index in [4.69, 9.17) is 0 Å². The van der Waals surface area contributed by atoms with E-state index in [-0.39, 0.29) is 11.5 Å². The fourth-order valence-corrected chi connectivity index (χ4v) is 2.72. The third-order valence-corrected chi connectivity index (χ3v) is 4.19. The molecular weight excluding hydrogens is 316 g/mol. The fraction of sp³-hybridized carbons (Fsp3) is 0.333. The number of benzene rings is 1. The summed E-state index contributed by atoms with van der Waals surface area (Å²) in [5.74, 6) is 1.07. The summed E-state index contributed by atoms with van der Waals surface area (Å²) in [6.45, 7) is 5.79. The molecule has 0 saturated carbocycles. The van der Waals surface area contributed by atoms with Crippen LogP contribution in [0.5, 0.6) is 0 Å². The molecule has 3 rings (SSSR count). The molecule has 0 aliphatic carbocycles. The van der Waals surface area contributed by atoms with E-state index in [1.165, 1.54) is 4.68 Å². The lowest BCUT2D eigenvalue weighted by Crippen LogP contribution is -2.26. The molecule has 0 atom stereocenters. The van der Waals surface area contributed by atoms with Gasteiger partial charge in [-0.2, -0.15) is 14.8 Å². The van der Waals surface area contributed by atoms with Crippen molar-refractivity contribution in [1.29, 1.82) is 0 Å². The molecule has 0 spiro atoms. The summed E-state index contributed by atoms with van der Waals surface area (Å²) >= 11 is 0. The molecule has 0 N–H and O–H groups in total. The van der Waals surface area contributed by atoms with Crippen LogP contribution < -0.4 is 15.4 Å². The van der Waals surface area contributed by atoms with Crippen LogP contribution in [0.15, 0.2) is 41.5 Å². The molecule has 2 aromatic heterocycles. The van der Waals surface area contributed by atoms with Gasteiger partial charge in [0.1, 0.15) is 5.82 Å². The summed E-state index contributed by atoms with van der Waals surface area (Å²) < 4.78 is 1.25. The minimum Gasteiger partial charge on any atom is -0.378 e. The summed E-state index contributed by atoms with van der Waals surface area (Å²) in [6.07, 6.45) is 3.33. The van der Waals surface area contributed by atoms with Gasteiger partial charge in [-0.1, -0.05) is 0 Å². The molecule has 0 saturated heterocycles. The first-order valence-electron chi connectivity index (χ1n) is 8.33. The predicted molar refractivity (Wildman–Crippen MR) is 101 cm³/mol. The van der Waals surface area contributed by atoms with Crippen molar-refractivity contribution in [2.45, 2.75) is 13.8 Å². The molecule has 0 aliphatic rings. The maximum atomic E-state index is 12.8. The van der Waals surface area contributed by atoms with Crippen LogP contribution in [0.3, 0.4) is 0 Å². The largest absolute Gasteiger partial charge is 0.378 e. The Hall–Kier alpha value is -2.96. The Bertz CT molecular complexity index is 946. The summed E-state index contributed by atoms with van der Waals surface area (Å²) in [7, 11) is 3.92. The molecule has 0 aliphatic heterocycles. The van der Waals surface area contributed by atoms with Crippen LogP contribution in [0.2, 0.25) is 0 Å². The highest BCUT2D eigenvalue weighted by Crippen LogP contribution is 2.18. The predicted octanol–water partition coefficient (Wildman–Crippen LogP) is 2.09. The van der Waals surface area contributed by atoms with Crippen LogP contribution in [-0.4, -0.2) is 46.9 Å². The zero-order valence-corrected chi connectivity index (χ0v) is 15.0. The van der Waals surface area contributed by atoms with Crippen LogP contribution in [-0.2, 0) is 0 Å². The zero-order valence-electron chi connectivity index (χ0n) is 15.0. The number of nitrogens with zero attached hydrogens (tertiary/aromatic N) is 6. The standard InChI is InChI=1S/C18H22N6O/c1-5-23(6-2)16-9-10-19-18(21-16)24-17(25)15-8-7-14(22(3)4)11-13(15)12-20-24/h7-12H,5-6H2,1-4H3. The van der Waals surface area contributed by atoms with Crippen molar-refractivity contribution in [2.24, 2.45) is 0 Å². The lowest BCUT2D eigenvalue weighted by molar-refractivity contribution is 0.751. The molecule has 0 radical (unpaired) electrons. The second-order valence-corrected chi connectivity index (χ2v) is 5.91. The smallest absolute Gasteiger partial charge is 0.282 e. The highest BCUT2D eigenvalue weighted by atomic mass is 16.1. The Balaban J connectivity index is 2.11. The molecule has 0 unspecified atom stereocenters. The van der Waals surface area contributed by atoms with Crippen molar-refractivity contribution < 1.29 is 0 Å². The van der Waals surface area contributed by atoms with Crippen LogP contribution in [0, 0.1) is 0 Å². The SMILES string of the molecule is CCN(CC)c1ccnc(-n2ncc3cc(N(C)C)ccc3c2=O)n1. The number of hydrogen-bond donors (Lipinski definition) is 0. The van der Waals surface area contributed by atoms with E-state index in [1.54, 1.807) is 12.4 Å². The average Bonchev–Trinajstić information content (AvgIpc) is 2.63. The Morgan fingerprint density at radius 2 is 1.88 bits per heavy atom. The minimum absolute atomic E-state index is 0.223. The monoisotopic (exact) mass is 338 g/mol. The maximum Gasteiger partial charge on any atom is 0.282 e. The van der Waals surface area contributed by atoms with E-state index in [9.17, 15) is 4.79 Å². The molecule has 1 aromatic carbocycles. The highest BCUT2D eigenvalue weighted by Gasteiger charge is 2.11. The Kier molecular flexibility index (Phi) is 4.65. The van der Waals surface area contributed by atoms with Crippen molar-refractivity contribution in [2.75, 3.05) is 37.0 Å². The summed E-state index contributed by atoms with van der Waals surface area (Å²) in [6, 6.07) is 7.52. The summed E-state index contributed by atoms with van der Waals surface area (Å²) in [4.78, 5) is 25.6. The van der Waals surface area contributed by atoms with E-state index >= 15 is 0 Å². The van der Waals surface area contributed by atoms with E-state index in [1.807, 2.05) is 43.3 Å². The minimum atomic E-state index is -0.223. The van der Waals surface area contributed by atoms with Crippen molar-refractivity contribution in [3.63, 3.8) is 0 Å². The van der Waals surface area contributed by atoms with Gasteiger partial charge in [0.25, 0.3) is 11.5 Å². The third-order valence-electron chi connectivity index (χ3n) is 4.19. The van der Waals surface area contributed by atoms with Crippen LogP contribution in [0.25, 0.3) is 16.7 Å². The first-order valence-corrected chi connectivity index (χ1v) is 8.33. The Labute approximate surface area is 146 Å². The number of fused-ring (bicyclic) bond motifs is 1. The number of hydrogen-bond acceptors (Lipinski definition) is 6. The van der Waals surface area contributed by atoms with Crippen LogP contribution >= 0.6 is 0 Å². The number of aromatic nitrogens is 4. The van der Waals surface area contributed by atoms with Gasteiger partial charge >= 0.3 is 0 Å². The van der Waals surface area contributed by atoms with Gasteiger partial charge in [0.05, 0.1) is 11.6 Å². The molecule has 7 heteroatoms. The molecule has 7 nitrogen and oxygen atoms in total. The second-order valence-electron chi connectivity index (χ2n) is 5.91. The molecule has 0 amide bonds. The maximum absolute atomic E-state index is 12.8. The van der Waals surface area contributed by atoms with Gasteiger partial charge < -0.3 is 9.80 Å². The van der Waals surface area contributed by atoms with Crippen LogP contribution in [0.1, 0.15) is 13.8 Å². The van der Waals surface area contributed by atoms with Crippen molar-refractivity contribution in [3.05, 3.63) is 47.0 Å². The number of anilines is 2. The van der Waals surface area contributed by atoms with E-state index in [0.29, 0.717) is 5.39 Å². The highest BCUT2D eigenvalue weighted by molar-refractivity contribution is 5.84. The van der Waals surface area contributed by atoms with E-state index < -0.39 is 0 Å². The van der Waals surface area contributed by atoms with Gasteiger partial charge in [0.2, 0.25) is 0 Å². The lowest BCUT2D eigenvalue weighted by atomic mass is 10.2. The van der Waals surface area contributed by atoms with Crippen molar-refractivity contribution in [3.8, 4) is 5.95 Å². The first kappa shape index (κ1) is 16.9. The summed E-state index contributed by atoms with van der Waals surface area (Å²) in [5.41, 5.74) is 0.797. The van der Waals surface area contributed by atoms with Gasteiger partial charge in [0, 0.05) is 44.5 Å². The molecule has 2 heterocycles. The fourth-order valence-electron chi connectivity index (χ4n) is 2.72. The van der Waals surface area contributed by atoms with Gasteiger partial charge in [-0.05, 0) is 38.1 Å². The lowest BCUT2D eigenvalue weighted by Gasteiger charge is -2.19. The quantitative estimate of drug-likeness (QED) is 0.710.